The Morgan fingerprint density at radius 2 is 1.64 bits per heavy atom. The van der Waals surface area contributed by atoms with E-state index in [-0.39, 0.29) is 0 Å². The normalized spacial score (nSPS) is 30.7. The molecular weight excluding hydrogens is 168 g/mol. The third-order valence-corrected chi connectivity index (χ3v) is 4.95. The lowest BCUT2D eigenvalue weighted by molar-refractivity contribution is 0.157. The van der Waals surface area contributed by atoms with Gasteiger partial charge in [0, 0.05) is 0 Å². The van der Waals surface area contributed by atoms with Gasteiger partial charge in [0.15, 0.2) is 0 Å². The van der Waals surface area contributed by atoms with Gasteiger partial charge in [-0.1, -0.05) is 39.3 Å². The van der Waals surface area contributed by atoms with Crippen molar-refractivity contribution >= 4 is 0 Å². The Balaban J connectivity index is 2.13. The molecule has 2 aliphatic carbocycles. The first-order valence-electron chi connectivity index (χ1n) is 6.11. The third-order valence-electron chi connectivity index (χ3n) is 4.95. The molecule has 0 radical (unpaired) electrons. The molecule has 0 spiro atoms. The first kappa shape index (κ1) is 10.3. The minimum Gasteiger partial charge on any atom is -0.0850 e. The molecule has 14 heavy (non-hydrogen) atoms. The van der Waals surface area contributed by atoms with E-state index in [2.05, 4.69) is 33.8 Å². The Hall–Kier alpha value is -0.260. The second-order valence-corrected chi connectivity index (χ2v) is 6.54. The topological polar surface area (TPSA) is 0 Å². The van der Waals surface area contributed by atoms with Crippen LogP contribution >= 0.6 is 0 Å². The van der Waals surface area contributed by atoms with Gasteiger partial charge in [0.05, 0.1) is 0 Å². The van der Waals surface area contributed by atoms with Gasteiger partial charge in [-0.3, -0.25) is 0 Å². The fraction of sp³-hybridized carbons (Fsp3) is 0.857. The molecule has 2 aliphatic rings. The van der Waals surface area contributed by atoms with E-state index in [1.54, 1.807) is 5.57 Å². The van der Waals surface area contributed by atoms with Crippen molar-refractivity contribution in [3.63, 3.8) is 0 Å². The van der Waals surface area contributed by atoms with Gasteiger partial charge in [0.25, 0.3) is 0 Å². The Morgan fingerprint density at radius 1 is 1.07 bits per heavy atom. The zero-order valence-electron chi connectivity index (χ0n) is 10.2. The fourth-order valence-electron chi connectivity index (χ4n) is 3.19. The van der Waals surface area contributed by atoms with Crippen molar-refractivity contribution < 1.29 is 0 Å². The van der Waals surface area contributed by atoms with Crippen LogP contribution in [0.2, 0.25) is 0 Å². The van der Waals surface area contributed by atoms with E-state index in [1.165, 1.54) is 32.1 Å². The molecule has 0 aromatic heterocycles. The maximum Gasteiger partial charge on any atom is -0.0193 e. The summed E-state index contributed by atoms with van der Waals surface area (Å²) in [6.07, 6.45) is 9.47. The lowest BCUT2D eigenvalue weighted by Crippen LogP contribution is -2.25. The molecule has 1 fully saturated rings. The van der Waals surface area contributed by atoms with Gasteiger partial charge in [0.1, 0.15) is 0 Å². The highest BCUT2D eigenvalue weighted by atomic mass is 14.5. The van der Waals surface area contributed by atoms with Gasteiger partial charge in [-0.2, -0.15) is 0 Å². The highest BCUT2D eigenvalue weighted by Gasteiger charge is 2.46. The Morgan fingerprint density at radius 3 is 2.07 bits per heavy atom. The van der Waals surface area contributed by atoms with Crippen LogP contribution in [0, 0.1) is 16.7 Å². The van der Waals surface area contributed by atoms with E-state index in [1.807, 2.05) is 0 Å². The fourth-order valence-corrected chi connectivity index (χ4v) is 3.19. The van der Waals surface area contributed by atoms with E-state index in [0.29, 0.717) is 10.8 Å². The van der Waals surface area contributed by atoms with Gasteiger partial charge in [-0.25, -0.2) is 0 Å². The highest BCUT2D eigenvalue weighted by molar-refractivity contribution is 5.16. The predicted octanol–water partition coefficient (Wildman–Crippen LogP) is 4.56. The van der Waals surface area contributed by atoms with Crippen LogP contribution in [0.4, 0.5) is 0 Å². The summed E-state index contributed by atoms with van der Waals surface area (Å²) in [5, 5.41) is 0. The van der Waals surface area contributed by atoms with Crippen LogP contribution in [0.15, 0.2) is 11.6 Å². The summed E-state index contributed by atoms with van der Waals surface area (Å²) < 4.78 is 0. The lowest BCUT2D eigenvalue weighted by atomic mass is 9.71. The second-order valence-electron chi connectivity index (χ2n) is 6.54. The molecule has 0 aromatic carbocycles. The van der Waals surface area contributed by atoms with Crippen molar-refractivity contribution in [1.29, 1.82) is 0 Å². The average Bonchev–Trinajstić information content (AvgIpc) is 2.58. The first-order chi connectivity index (χ1) is 6.42. The Kier molecular flexibility index (Phi) is 2.28. The smallest absolute Gasteiger partial charge is 0.0193 e. The standard InChI is InChI=1S/C14H24/c1-13(2)9-12(10-14(13,3)4)11-7-5-6-8-11/h7,12H,5-6,8-10H2,1-4H3. The van der Waals surface area contributed by atoms with Gasteiger partial charge in [-0.15, -0.1) is 0 Å². The number of hydrogen-bond donors (Lipinski definition) is 0. The Bertz CT molecular complexity index is 239. The summed E-state index contributed by atoms with van der Waals surface area (Å²) in [5.41, 5.74) is 2.84. The highest BCUT2D eigenvalue weighted by Crippen LogP contribution is 2.57. The maximum absolute atomic E-state index is 2.52. The van der Waals surface area contributed by atoms with Crippen LogP contribution in [0.25, 0.3) is 0 Å². The number of hydrogen-bond acceptors (Lipinski definition) is 0. The summed E-state index contributed by atoms with van der Waals surface area (Å²) in [4.78, 5) is 0. The van der Waals surface area contributed by atoms with Crippen molar-refractivity contribution in [3.8, 4) is 0 Å². The summed E-state index contributed by atoms with van der Waals surface area (Å²) >= 11 is 0. The van der Waals surface area contributed by atoms with Gasteiger partial charge in [0.2, 0.25) is 0 Å². The molecule has 0 heteroatoms. The lowest BCUT2D eigenvalue weighted by Gasteiger charge is -2.34. The maximum atomic E-state index is 2.52. The van der Waals surface area contributed by atoms with Crippen molar-refractivity contribution in [2.24, 2.45) is 16.7 Å². The molecule has 0 atom stereocenters. The quantitative estimate of drug-likeness (QED) is 0.534. The van der Waals surface area contributed by atoms with Gasteiger partial charge in [-0.05, 0) is 48.9 Å². The first-order valence-corrected chi connectivity index (χ1v) is 6.11. The van der Waals surface area contributed by atoms with Crippen LogP contribution in [0.3, 0.4) is 0 Å². The monoisotopic (exact) mass is 192 g/mol. The molecule has 80 valence electrons. The molecular formula is C14H24. The molecule has 0 unspecified atom stereocenters. The zero-order chi connectivity index (χ0) is 10.4. The van der Waals surface area contributed by atoms with Crippen LogP contribution < -0.4 is 0 Å². The second kappa shape index (κ2) is 3.12. The predicted molar refractivity (Wildman–Crippen MR) is 62.2 cm³/mol. The van der Waals surface area contributed by atoms with Crippen LogP contribution in [0.1, 0.15) is 59.8 Å². The van der Waals surface area contributed by atoms with Gasteiger partial charge < -0.3 is 0 Å². The van der Waals surface area contributed by atoms with Crippen molar-refractivity contribution in [2.75, 3.05) is 0 Å². The van der Waals surface area contributed by atoms with Crippen molar-refractivity contribution in [3.05, 3.63) is 11.6 Å². The minimum atomic E-state index is 0.529. The molecule has 0 aromatic rings. The molecule has 0 heterocycles. The van der Waals surface area contributed by atoms with Crippen molar-refractivity contribution in [2.45, 2.75) is 59.8 Å². The number of allylic oxidation sites excluding steroid dienone is 2. The van der Waals surface area contributed by atoms with Crippen LogP contribution in [-0.2, 0) is 0 Å². The SMILES string of the molecule is CC1(C)CC(C2=CCCC2)CC1(C)C. The summed E-state index contributed by atoms with van der Waals surface area (Å²) in [5.74, 6) is 0.905. The average molecular weight is 192 g/mol. The van der Waals surface area contributed by atoms with Crippen LogP contribution in [-0.4, -0.2) is 0 Å². The largest absolute Gasteiger partial charge is 0.0850 e. The summed E-state index contributed by atoms with van der Waals surface area (Å²) in [6, 6.07) is 0. The van der Waals surface area contributed by atoms with E-state index in [0.717, 1.165) is 5.92 Å². The van der Waals surface area contributed by atoms with E-state index in [4.69, 9.17) is 0 Å². The molecule has 0 N–H and O–H groups in total. The summed E-state index contributed by atoms with van der Waals surface area (Å²) in [6.45, 7) is 9.79. The minimum absolute atomic E-state index is 0.529. The van der Waals surface area contributed by atoms with Crippen LogP contribution in [0.5, 0.6) is 0 Å². The molecule has 0 saturated heterocycles. The zero-order valence-corrected chi connectivity index (χ0v) is 10.2. The van der Waals surface area contributed by atoms with E-state index in [9.17, 15) is 0 Å². The van der Waals surface area contributed by atoms with E-state index < -0.39 is 0 Å². The molecule has 0 aliphatic heterocycles. The molecule has 0 amide bonds. The third kappa shape index (κ3) is 1.53. The van der Waals surface area contributed by atoms with Gasteiger partial charge >= 0.3 is 0 Å². The number of rotatable bonds is 1. The molecule has 2 rings (SSSR count). The Labute approximate surface area is 88.8 Å². The summed E-state index contributed by atoms with van der Waals surface area (Å²) in [7, 11) is 0. The molecule has 0 nitrogen and oxygen atoms in total. The molecule has 1 saturated carbocycles. The van der Waals surface area contributed by atoms with E-state index >= 15 is 0 Å². The van der Waals surface area contributed by atoms with Crippen molar-refractivity contribution in [1.82, 2.24) is 0 Å². The molecule has 0 bridgehead atoms.